The number of carbonyl (C=O) groups is 2. The summed E-state index contributed by atoms with van der Waals surface area (Å²) in [5.41, 5.74) is 1.60. The summed E-state index contributed by atoms with van der Waals surface area (Å²) in [5, 5.41) is 0. The fraction of sp³-hybridized carbons (Fsp3) is 0.517. The van der Waals surface area contributed by atoms with Crippen molar-refractivity contribution < 1.29 is 28.5 Å². The summed E-state index contributed by atoms with van der Waals surface area (Å²) in [6, 6.07) is 13.8. The van der Waals surface area contributed by atoms with Crippen LogP contribution in [0, 0.1) is 17.8 Å². The number of rotatable bonds is 6. The SMILES string of the molecule is CC1CCC(C(C)C)C(OC(=O)C2[C@H](c3ccc4c(c3)OCO4)OC(=O)N2C(C)c2ccccc2)C1. The molecule has 0 N–H and O–H groups in total. The van der Waals surface area contributed by atoms with Gasteiger partial charge in [0.2, 0.25) is 6.79 Å². The summed E-state index contributed by atoms with van der Waals surface area (Å²) >= 11 is 0. The van der Waals surface area contributed by atoms with Crippen LogP contribution in [0.5, 0.6) is 11.5 Å². The third-order valence-corrected chi connectivity index (χ3v) is 7.92. The molecule has 2 aromatic carbocycles. The van der Waals surface area contributed by atoms with E-state index in [0.29, 0.717) is 34.8 Å². The van der Waals surface area contributed by atoms with Crippen molar-refractivity contribution in [3.63, 3.8) is 0 Å². The van der Waals surface area contributed by atoms with Crippen LogP contribution in [0.4, 0.5) is 4.79 Å². The zero-order valence-corrected chi connectivity index (χ0v) is 21.4. The molecule has 36 heavy (non-hydrogen) atoms. The number of fused-ring (bicyclic) bond motifs is 1. The summed E-state index contributed by atoms with van der Waals surface area (Å²) in [5.74, 6) is 1.98. The first kappa shape index (κ1) is 24.5. The Balaban J connectivity index is 1.48. The predicted octanol–water partition coefficient (Wildman–Crippen LogP) is 6.04. The Morgan fingerprint density at radius 2 is 1.78 bits per heavy atom. The second kappa shape index (κ2) is 10.0. The Morgan fingerprint density at radius 1 is 1.03 bits per heavy atom. The minimum Gasteiger partial charge on any atom is -0.460 e. The summed E-state index contributed by atoms with van der Waals surface area (Å²) in [7, 11) is 0. The standard InChI is InChI=1S/C29H35NO6/c1-17(2)22-12-10-18(3)14-24(22)35-28(31)26-27(21-11-13-23-25(15-21)34-16-33-23)36-29(32)30(26)19(4)20-8-6-5-7-9-20/h5-9,11,13,15,17-19,22,24,26-27H,10,12,14,16H2,1-4H3/t18?,19?,22?,24?,26?,27-/m0/s1. The molecule has 0 bridgehead atoms. The molecule has 1 amide bonds. The average molecular weight is 494 g/mol. The highest BCUT2D eigenvalue weighted by Crippen LogP contribution is 2.43. The van der Waals surface area contributed by atoms with Crippen LogP contribution in [0.3, 0.4) is 0 Å². The van der Waals surface area contributed by atoms with Gasteiger partial charge in [-0.2, -0.15) is 0 Å². The number of cyclic esters (lactones) is 1. The molecule has 3 aliphatic rings. The topological polar surface area (TPSA) is 74.3 Å². The van der Waals surface area contributed by atoms with Gasteiger partial charge in [-0.25, -0.2) is 9.59 Å². The van der Waals surface area contributed by atoms with Crippen molar-refractivity contribution in [2.24, 2.45) is 17.8 Å². The number of esters is 1. The van der Waals surface area contributed by atoms with E-state index in [4.69, 9.17) is 18.9 Å². The highest BCUT2D eigenvalue weighted by molar-refractivity contribution is 5.86. The summed E-state index contributed by atoms with van der Waals surface area (Å²) in [6.07, 6.45) is 1.48. The summed E-state index contributed by atoms with van der Waals surface area (Å²) < 4.78 is 23.1. The number of benzene rings is 2. The zero-order valence-electron chi connectivity index (χ0n) is 21.4. The van der Waals surface area contributed by atoms with Crippen molar-refractivity contribution in [1.82, 2.24) is 4.90 Å². The Bertz CT molecular complexity index is 1100. The average Bonchev–Trinajstić information content (AvgIpc) is 3.47. The number of carbonyl (C=O) groups excluding carboxylic acids is 2. The van der Waals surface area contributed by atoms with Gasteiger partial charge in [-0.15, -0.1) is 0 Å². The molecule has 2 aromatic rings. The van der Waals surface area contributed by atoms with Gasteiger partial charge in [-0.1, -0.05) is 63.6 Å². The lowest BCUT2D eigenvalue weighted by Crippen LogP contribution is -2.46. The first-order valence-electron chi connectivity index (χ1n) is 13.0. The van der Waals surface area contributed by atoms with Gasteiger partial charge in [0, 0.05) is 0 Å². The van der Waals surface area contributed by atoms with Crippen LogP contribution < -0.4 is 9.47 Å². The number of hydrogen-bond donors (Lipinski definition) is 0. The molecule has 5 rings (SSSR count). The fourth-order valence-corrected chi connectivity index (χ4v) is 5.83. The number of hydrogen-bond acceptors (Lipinski definition) is 6. The lowest BCUT2D eigenvalue weighted by Gasteiger charge is -2.38. The molecule has 2 aliphatic heterocycles. The third kappa shape index (κ3) is 4.63. The minimum atomic E-state index is -0.918. The van der Waals surface area contributed by atoms with E-state index in [9.17, 15) is 9.59 Å². The largest absolute Gasteiger partial charge is 0.460 e. The molecule has 1 saturated carbocycles. The van der Waals surface area contributed by atoms with E-state index in [1.165, 1.54) is 4.90 Å². The van der Waals surface area contributed by atoms with Crippen LogP contribution in [0.2, 0.25) is 0 Å². The van der Waals surface area contributed by atoms with E-state index >= 15 is 0 Å². The highest BCUT2D eigenvalue weighted by atomic mass is 16.7. The van der Waals surface area contributed by atoms with Gasteiger partial charge in [0.25, 0.3) is 0 Å². The Morgan fingerprint density at radius 3 is 2.53 bits per heavy atom. The molecule has 1 aliphatic carbocycles. The molecule has 0 radical (unpaired) electrons. The molecule has 7 nitrogen and oxygen atoms in total. The normalized spacial score (nSPS) is 28.2. The lowest BCUT2D eigenvalue weighted by atomic mass is 9.75. The first-order valence-corrected chi connectivity index (χ1v) is 13.0. The van der Waals surface area contributed by atoms with Gasteiger partial charge in [0.05, 0.1) is 6.04 Å². The lowest BCUT2D eigenvalue weighted by molar-refractivity contribution is -0.162. The van der Waals surface area contributed by atoms with Gasteiger partial charge in [-0.3, -0.25) is 4.90 Å². The summed E-state index contributed by atoms with van der Waals surface area (Å²) in [6.45, 7) is 8.63. The van der Waals surface area contributed by atoms with Crippen molar-refractivity contribution in [3.05, 3.63) is 59.7 Å². The van der Waals surface area contributed by atoms with E-state index in [2.05, 4.69) is 20.8 Å². The monoisotopic (exact) mass is 493 g/mol. The molecule has 1 saturated heterocycles. The molecular formula is C29H35NO6. The molecule has 0 spiro atoms. The van der Waals surface area contributed by atoms with Gasteiger partial charge < -0.3 is 18.9 Å². The Kier molecular flexibility index (Phi) is 6.82. The number of amides is 1. The number of nitrogens with zero attached hydrogens (tertiary/aromatic N) is 1. The van der Waals surface area contributed by atoms with Crippen LogP contribution in [0.15, 0.2) is 48.5 Å². The van der Waals surface area contributed by atoms with E-state index in [0.717, 1.165) is 24.8 Å². The van der Waals surface area contributed by atoms with E-state index in [-0.39, 0.29) is 18.9 Å². The molecule has 0 aromatic heterocycles. The van der Waals surface area contributed by atoms with Crippen molar-refractivity contribution in [1.29, 1.82) is 0 Å². The zero-order chi connectivity index (χ0) is 25.4. The quantitative estimate of drug-likeness (QED) is 0.457. The number of ether oxygens (including phenoxy) is 4. The second-order valence-corrected chi connectivity index (χ2v) is 10.7. The fourth-order valence-electron chi connectivity index (χ4n) is 5.83. The second-order valence-electron chi connectivity index (χ2n) is 10.7. The van der Waals surface area contributed by atoms with Crippen LogP contribution in [-0.4, -0.2) is 35.9 Å². The molecule has 7 heteroatoms. The Labute approximate surface area is 212 Å². The first-order chi connectivity index (χ1) is 17.3. The third-order valence-electron chi connectivity index (χ3n) is 7.92. The maximum atomic E-state index is 13.9. The highest BCUT2D eigenvalue weighted by Gasteiger charge is 2.51. The van der Waals surface area contributed by atoms with Crippen LogP contribution in [-0.2, 0) is 14.3 Å². The van der Waals surface area contributed by atoms with Crippen molar-refractivity contribution >= 4 is 12.1 Å². The molecule has 5 unspecified atom stereocenters. The summed E-state index contributed by atoms with van der Waals surface area (Å²) in [4.78, 5) is 28.8. The van der Waals surface area contributed by atoms with Crippen LogP contribution in [0.1, 0.15) is 70.2 Å². The minimum absolute atomic E-state index is 0.141. The van der Waals surface area contributed by atoms with E-state index in [1.807, 2.05) is 43.3 Å². The molecule has 6 atom stereocenters. The molecular weight excluding hydrogens is 458 g/mol. The van der Waals surface area contributed by atoms with Crippen molar-refractivity contribution in [2.45, 2.75) is 71.2 Å². The van der Waals surface area contributed by atoms with Gasteiger partial charge >= 0.3 is 12.1 Å². The van der Waals surface area contributed by atoms with Crippen molar-refractivity contribution in [2.75, 3.05) is 6.79 Å². The van der Waals surface area contributed by atoms with E-state index in [1.54, 1.807) is 12.1 Å². The van der Waals surface area contributed by atoms with Crippen molar-refractivity contribution in [3.8, 4) is 11.5 Å². The van der Waals surface area contributed by atoms with E-state index < -0.39 is 24.2 Å². The van der Waals surface area contributed by atoms with Gasteiger partial charge in [0.1, 0.15) is 6.10 Å². The molecule has 192 valence electrons. The molecule has 2 fully saturated rings. The Hall–Kier alpha value is -3.22. The van der Waals surface area contributed by atoms with Gasteiger partial charge in [0.15, 0.2) is 23.6 Å². The molecule has 2 heterocycles. The smallest absolute Gasteiger partial charge is 0.411 e. The van der Waals surface area contributed by atoms with Crippen LogP contribution in [0.25, 0.3) is 0 Å². The van der Waals surface area contributed by atoms with Crippen LogP contribution >= 0.6 is 0 Å². The predicted molar refractivity (Wildman–Crippen MR) is 133 cm³/mol. The van der Waals surface area contributed by atoms with Gasteiger partial charge in [-0.05, 0) is 60.8 Å². The maximum Gasteiger partial charge on any atom is 0.411 e. The maximum absolute atomic E-state index is 13.9.